The number of rotatable bonds is 4. The highest BCUT2D eigenvalue weighted by Gasteiger charge is 2.26. The normalized spacial score (nSPS) is 13.8. The fraction of sp³-hybridized carbons (Fsp3) is 0.292. The molecule has 2 aromatic carbocycles. The predicted octanol–water partition coefficient (Wildman–Crippen LogP) is 3.94. The van der Waals surface area contributed by atoms with Crippen molar-refractivity contribution in [3.05, 3.63) is 80.9 Å². The molecule has 0 atom stereocenters. The van der Waals surface area contributed by atoms with Crippen molar-refractivity contribution in [3.63, 3.8) is 0 Å². The summed E-state index contributed by atoms with van der Waals surface area (Å²) >= 11 is 0. The quantitative estimate of drug-likeness (QED) is 0.459. The first-order valence-corrected chi connectivity index (χ1v) is 10.5. The molecule has 0 spiro atoms. The van der Waals surface area contributed by atoms with Gasteiger partial charge in [0.2, 0.25) is 0 Å². The third kappa shape index (κ3) is 4.16. The number of hydrogen-bond donors (Lipinski definition) is 0. The molecule has 1 saturated heterocycles. The van der Waals surface area contributed by atoms with E-state index in [1.807, 2.05) is 12.1 Å². The Morgan fingerprint density at radius 3 is 2.34 bits per heavy atom. The smallest absolute Gasteiger partial charge is 0.273 e. The minimum Gasteiger partial charge on any atom is -0.352 e. The first kappa shape index (κ1) is 21.4. The van der Waals surface area contributed by atoms with Crippen LogP contribution in [0, 0.1) is 30.9 Å². The SMILES string of the molecule is Cc1ccc(-c2ccc(N3CCN(C(=O)c4cccc([N+](=O)[O-])c4C)CC3)nn2)c(C)c1. The third-order valence-electron chi connectivity index (χ3n) is 5.93. The summed E-state index contributed by atoms with van der Waals surface area (Å²) in [4.78, 5) is 27.5. The molecule has 0 N–H and O–H groups in total. The van der Waals surface area contributed by atoms with E-state index >= 15 is 0 Å². The number of nitro benzene ring substituents is 1. The van der Waals surface area contributed by atoms with Gasteiger partial charge in [-0.15, -0.1) is 10.2 Å². The highest BCUT2D eigenvalue weighted by Crippen LogP contribution is 2.25. The van der Waals surface area contributed by atoms with Gasteiger partial charge in [0.25, 0.3) is 11.6 Å². The first-order chi connectivity index (χ1) is 15.3. The van der Waals surface area contributed by atoms with Gasteiger partial charge in [-0.2, -0.15) is 0 Å². The van der Waals surface area contributed by atoms with Gasteiger partial charge in [-0.25, -0.2) is 0 Å². The molecule has 0 aliphatic carbocycles. The second-order valence-electron chi connectivity index (χ2n) is 8.08. The number of aromatic nitrogens is 2. The van der Waals surface area contributed by atoms with Crippen molar-refractivity contribution in [1.82, 2.24) is 15.1 Å². The molecule has 1 fully saturated rings. The van der Waals surface area contributed by atoms with E-state index in [0.717, 1.165) is 22.6 Å². The topological polar surface area (TPSA) is 92.5 Å². The van der Waals surface area contributed by atoms with Gasteiger partial charge in [0, 0.05) is 48.9 Å². The van der Waals surface area contributed by atoms with Crippen LogP contribution in [0.25, 0.3) is 11.3 Å². The van der Waals surface area contributed by atoms with E-state index in [2.05, 4.69) is 47.1 Å². The summed E-state index contributed by atoms with van der Waals surface area (Å²) in [5.74, 6) is 0.597. The molecular formula is C24H25N5O3. The number of carbonyl (C=O) groups excluding carboxylic acids is 1. The Bertz CT molecular complexity index is 1170. The van der Waals surface area contributed by atoms with Gasteiger partial charge in [0.05, 0.1) is 10.6 Å². The van der Waals surface area contributed by atoms with E-state index < -0.39 is 4.92 Å². The van der Waals surface area contributed by atoms with Crippen LogP contribution in [0.4, 0.5) is 11.5 Å². The third-order valence-corrected chi connectivity index (χ3v) is 5.93. The number of benzene rings is 2. The zero-order chi connectivity index (χ0) is 22.8. The maximum atomic E-state index is 13.0. The van der Waals surface area contributed by atoms with Crippen molar-refractivity contribution in [2.45, 2.75) is 20.8 Å². The number of piperazine rings is 1. The van der Waals surface area contributed by atoms with Crippen LogP contribution in [0.1, 0.15) is 27.0 Å². The Labute approximate surface area is 186 Å². The van der Waals surface area contributed by atoms with Crippen LogP contribution < -0.4 is 4.90 Å². The van der Waals surface area contributed by atoms with Gasteiger partial charge in [0.15, 0.2) is 5.82 Å². The summed E-state index contributed by atoms with van der Waals surface area (Å²) in [7, 11) is 0. The van der Waals surface area contributed by atoms with Crippen LogP contribution in [-0.4, -0.2) is 52.1 Å². The molecule has 2 heterocycles. The van der Waals surface area contributed by atoms with Crippen molar-refractivity contribution in [2.75, 3.05) is 31.1 Å². The summed E-state index contributed by atoms with van der Waals surface area (Å²) in [6, 6.07) is 14.8. The molecule has 0 radical (unpaired) electrons. The number of hydrogen-bond acceptors (Lipinski definition) is 6. The van der Waals surface area contributed by atoms with Crippen LogP contribution in [0.2, 0.25) is 0 Å². The molecule has 164 valence electrons. The molecule has 8 nitrogen and oxygen atoms in total. The van der Waals surface area contributed by atoms with Gasteiger partial charge < -0.3 is 9.80 Å². The number of aryl methyl sites for hydroxylation is 2. The monoisotopic (exact) mass is 431 g/mol. The lowest BCUT2D eigenvalue weighted by atomic mass is 10.0. The van der Waals surface area contributed by atoms with Crippen LogP contribution >= 0.6 is 0 Å². The van der Waals surface area contributed by atoms with E-state index in [-0.39, 0.29) is 11.6 Å². The van der Waals surface area contributed by atoms with Gasteiger partial charge in [0.1, 0.15) is 0 Å². The minimum absolute atomic E-state index is 0.0336. The molecule has 8 heteroatoms. The fourth-order valence-corrected chi connectivity index (χ4v) is 4.10. The molecule has 1 aliphatic rings. The lowest BCUT2D eigenvalue weighted by molar-refractivity contribution is -0.385. The van der Waals surface area contributed by atoms with E-state index in [0.29, 0.717) is 37.3 Å². The number of nitro groups is 1. The van der Waals surface area contributed by atoms with Crippen molar-refractivity contribution in [3.8, 4) is 11.3 Å². The fourth-order valence-electron chi connectivity index (χ4n) is 4.10. The minimum atomic E-state index is -0.454. The van der Waals surface area contributed by atoms with Crippen molar-refractivity contribution in [1.29, 1.82) is 0 Å². The summed E-state index contributed by atoms with van der Waals surface area (Å²) in [5.41, 5.74) is 5.02. The Hall–Kier alpha value is -3.81. The zero-order valence-corrected chi connectivity index (χ0v) is 18.4. The molecule has 1 aliphatic heterocycles. The summed E-state index contributed by atoms with van der Waals surface area (Å²) in [6.45, 7) is 8.03. The van der Waals surface area contributed by atoms with E-state index in [1.165, 1.54) is 11.6 Å². The molecule has 0 bridgehead atoms. The van der Waals surface area contributed by atoms with E-state index in [4.69, 9.17) is 0 Å². The lowest BCUT2D eigenvalue weighted by Crippen LogP contribution is -2.49. The molecule has 0 saturated carbocycles. The number of anilines is 1. The Kier molecular flexibility index (Phi) is 5.85. The van der Waals surface area contributed by atoms with Crippen LogP contribution in [0.5, 0.6) is 0 Å². The van der Waals surface area contributed by atoms with Crippen molar-refractivity contribution in [2.24, 2.45) is 0 Å². The van der Waals surface area contributed by atoms with Crippen LogP contribution in [0.3, 0.4) is 0 Å². The van der Waals surface area contributed by atoms with Crippen molar-refractivity contribution >= 4 is 17.4 Å². The van der Waals surface area contributed by atoms with E-state index in [1.54, 1.807) is 24.0 Å². The molecular weight excluding hydrogens is 406 g/mol. The maximum Gasteiger partial charge on any atom is 0.273 e. The highest BCUT2D eigenvalue weighted by molar-refractivity contribution is 5.96. The van der Waals surface area contributed by atoms with Gasteiger partial charge in [-0.3, -0.25) is 14.9 Å². The molecule has 1 aromatic heterocycles. The maximum absolute atomic E-state index is 13.0. The second-order valence-corrected chi connectivity index (χ2v) is 8.08. The second kappa shape index (κ2) is 8.74. The summed E-state index contributed by atoms with van der Waals surface area (Å²) < 4.78 is 0. The molecule has 0 unspecified atom stereocenters. The Morgan fingerprint density at radius 1 is 0.969 bits per heavy atom. The van der Waals surface area contributed by atoms with Crippen molar-refractivity contribution < 1.29 is 9.72 Å². The average molecular weight is 431 g/mol. The zero-order valence-electron chi connectivity index (χ0n) is 18.4. The summed E-state index contributed by atoms with van der Waals surface area (Å²) in [6.07, 6.45) is 0. The average Bonchev–Trinajstić information content (AvgIpc) is 2.79. The molecule has 4 rings (SSSR count). The lowest BCUT2D eigenvalue weighted by Gasteiger charge is -2.35. The number of nitrogens with zero attached hydrogens (tertiary/aromatic N) is 5. The van der Waals surface area contributed by atoms with Gasteiger partial charge in [-0.1, -0.05) is 29.8 Å². The van der Waals surface area contributed by atoms with Gasteiger partial charge >= 0.3 is 0 Å². The Balaban J connectivity index is 1.43. The Morgan fingerprint density at radius 2 is 1.72 bits per heavy atom. The van der Waals surface area contributed by atoms with Crippen LogP contribution in [-0.2, 0) is 0 Å². The molecule has 1 amide bonds. The molecule has 3 aromatic rings. The molecule has 32 heavy (non-hydrogen) atoms. The van der Waals surface area contributed by atoms with Gasteiger partial charge in [-0.05, 0) is 44.5 Å². The van der Waals surface area contributed by atoms with Crippen LogP contribution in [0.15, 0.2) is 48.5 Å². The number of amides is 1. The standard InChI is InChI=1S/C24H25N5O3/c1-16-7-8-19(17(2)15-16)21-9-10-23(26-25-21)27-11-13-28(14-12-27)24(30)20-5-4-6-22(18(20)3)29(31)32/h4-10,15H,11-14H2,1-3H3. The largest absolute Gasteiger partial charge is 0.352 e. The highest BCUT2D eigenvalue weighted by atomic mass is 16.6. The summed E-state index contributed by atoms with van der Waals surface area (Å²) in [5, 5.41) is 20.0. The van der Waals surface area contributed by atoms with E-state index in [9.17, 15) is 14.9 Å². The first-order valence-electron chi connectivity index (χ1n) is 10.5. The predicted molar refractivity (Wildman–Crippen MR) is 123 cm³/mol. The number of carbonyl (C=O) groups is 1.